The summed E-state index contributed by atoms with van der Waals surface area (Å²) >= 11 is 6.50. The van der Waals surface area contributed by atoms with Crippen molar-refractivity contribution in [1.82, 2.24) is 20.5 Å². The van der Waals surface area contributed by atoms with E-state index in [1.807, 2.05) is 36.4 Å². The number of Topliss-reactive ketones (excluding diaryl/α,β-unsaturated/α-hetero) is 2. The Morgan fingerprint density at radius 3 is 2.63 bits per heavy atom. The van der Waals surface area contributed by atoms with Gasteiger partial charge in [-0.05, 0) is 36.3 Å². The number of hydrogen-bond acceptors (Lipinski definition) is 6. The maximum absolute atomic E-state index is 12.3. The highest BCUT2D eigenvalue weighted by molar-refractivity contribution is 7.99. The first kappa shape index (κ1) is 21.7. The van der Waals surface area contributed by atoms with Gasteiger partial charge in [-0.3, -0.25) is 9.59 Å². The van der Waals surface area contributed by atoms with Crippen LogP contribution in [0.15, 0.2) is 59.8 Å². The number of ketones is 2. The maximum Gasteiger partial charge on any atom is 0.225 e. The summed E-state index contributed by atoms with van der Waals surface area (Å²) in [6, 6.07) is 17.0. The Labute approximate surface area is 184 Å². The van der Waals surface area contributed by atoms with Crippen molar-refractivity contribution in [3.05, 3.63) is 71.3 Å². The van der Waals surface area contributed by atoms with E-state index in [1.165, 1.54) is 18.7 Å². The van der Waals surface area contributed by atoms with Crippen LogP contribution in [0.25, 0.3) is 0 Å². The van der Waals surface area contributed by atoms with Crippen molar-refractivity contribution in [3.8, 4) is 0 Å². The second kappa shape index (κ2) is 10.7. The minimum Gasteiger partial charge on any atom is -0.358 e. The van der Waals surface area contributed by atoms with Crippen molar-refractivity contribution in [2.24, 2.45) is 0 Å². The number of H-pyrrole nitrogens is 1. The molecule has 30 heavy (non-hydrogen) atoms. The van der Waals surface area contributed by atoms with Crippen LogP contribution in [0.2, 0.25) is 0 Å². The molecular weight excluding hydrogens is 418 g/mol. The summed E-state index contributed by atoms with van der Waals surface area (Å²) in [5.41, 5.74) is 2.54. The predicted octanol–water partition coefficient (Wildman–Crippen LogP) is 3.40. The molecule has 154 valence electrons. The second-order valence-electron chi connectivity index (χ2n) is 6.52. The zero-order valence-corrected chi connectivity index (χ0v) is 18.0. The molecule has 0 bridgehead atoms. The molecule has 1 heterocycles. The fourth-order valence-electron chi connectivity index (χ4n) is 2.62. The fourth-order valence-corrected chi connectivity index (χ4v) is 3.45. The lowest BCUT2D eigenvalue weighted by molar-refractivity contribution is -0.116. The first-order valence-corrected chi connectivity index (χ1v) is 10.6. The van der Waals surface area contributed by atoms with Gasteiger partial charge in [0, 0.05) is 18.5 Å². The SMILES string of the molecule is CC(=O)c1cccc(CC(=O)CSc2n[nH]c(NC(=S)NCc3ccccc3)n2)c1. The van der Waals surface area contributed by atoms with Crippen LogP contribution in [0, 0.1) is 0 Å². The van der Waals surface area contributed by atoms with Crippen LogP contribution in [0.1, 0.15) is 28.4 Å². The van der Waals surface area contributed by atoms with Gasteiger partial charge in [-0.25, -0.2) is 5.10 Å². The smallest absolute Gasteiger partial charge is 0.225 e. The van der Waals surface area contributed by atoms with Crippen LogP contribution in [0.4, 0.5) is 5.95 Å². The quantitative estimate of drug-likeness (QED) is 0.265. The molecule has 0 aliphatic heterocycles. The average Bonchev–Trinajstić information content (AvgIpc) is 3.19. The number of thiocarbonyl (C=S) groups is 1. The first-order chi connectivity index (χ1) is 14.5. The highest BCUT2D eigenvalue weighted by Crippen LogP contribution is 2.15. The number of anilines is 1. The van der Waals surface area contributed by atoms with Gasteiger partial charge in [-0.15, -0.1) is 5.10 Å². The molecule has 0 aliphatic rings. The minimum atomic E-state index is -0.0180. The molecule has 0 saturated heterocycles. The van der Waals surface area contributed by atoms with Gasteiger partial charge in [0.25, 0.3) is 0 Å². The van der Waals surface area contributed by atoms with Gasteiger partial charge in [-0.2, -0.15) is 4.98 Å². The molecule has 3 N–H and O–H groups in total. The van der Waals surface area contributed by atoms with Crippen molar-refractivity contribution in [2.75, 3.05) is 11.1 Å². The maximum atomic E-state index is 12.3. The Hall–Kier alpha value is -3.04. The first-order valence-electron chi connectivity index (χ1n) is 9.25. The van der Waals surface area contributed by atoms with Gasteiger partial charge in [0.05, 0.1) is 5.75 Å². The molecule has 3 rings (SSSR count). The largest absolute Gasteiger partial charge is 0.358 e. The number of aromatic nitrogens is 3. The molecule has 1 aromatic heterocycles. The van der Waals surface area contributed by atoms with E-state index in [-0.39, 0.29) is 23.7 Å². The number of carbonyl (C=O) groups excluding carboxylic acids is 2. The molecule has 0 saturated carbocycles. The van der Waals surface area contributed by atoms with E-state index in [9.17, 15) is 9.59 Å². The Kier molecular flexibility index (Phi) is 7.69. The number of benzene rings is 2. The van der Waals surface area contributed by atoms with Crippen molar-refractivity contribution < 1.29 is 9.59 Å². The second-order valence-corrected chi connectivity index (χ2v) is 7.87. The van der Waals surface area contributed by atoms with Gasteiger partial charge in [-0.1, -0.05) is 60.3 Å². The summed E-state index contributed by atoms with van der Waals surface area (Å²) in [5.74, 6) is 0.651. The molecule has 2 aromatic carbocycles. The zero-order valence-electron chi connectivity index (χ0n) is 16.3. The van der Waals surface area contributed by atoms with Crippen LogP contribution in [0.3, 0.4) is 0 Å². The number of thioether (sulfide) groups is 1. The zero-order chi connectivity index (χ0) is 21.3. The van der Waals surface area contributed by atoms with E-state index in [1.54, 1.807) is 18.2 Å². The van der Waals surface area contributed by atoms with Gasteiger partial charge in [0.15, 0.2) is 10.9 Å². The molecule has 0 amide bonds. The topological polar surface area (TPSA) is 99.8 Å². The highest BCUT2D eigenvalue weighted by Gasteiger charge is 2.10. The van der Waals surface area contributed by atoms with E-state index in [0.29, 0.717) is 28.3 Å². The van der Waals surface area contributed by atoms with E-state index >= 15 is 0 Å². The summed E-state index contributed by atoms with van der Waals surface area (Å²) in [4.78, 5) is 28.0. The van der Waals surface area contributed by atoms with E-state index in [4.69, 9.17) is 12.2 Å². The van der Waals surface area contributed by atoms with Crippen molar-refractivity contribution in [1.29, 1.82) is 0 Å². The molecule has 9 heteroatoms. The minimum absolute atomic E-state index is 0.0180. The summed E-state index contributed by atoms with van der Waals surface area (Å²) in [7, 11) is 0. The van der Waals surface area contributed by atoms with Crippen LogP contribution in [-0.2, 0) is 17.8 Å². The van der Waals surface area contributed by atoms with Crippen molar-refractivity contribution in [3.63, 3.8) is 0 Å². The third-order valence-electron chi connectivity index (χ3n) is 4.09. The molecule has 0 atom stereocenters. The molecule has 3 aromatic rings. The number of carbonyl (C=O) groups is 2. The third-order valence-corrected chi connectivity index (χ3v) is 5.24. The van der Waals surface area contributed by atoms with Crippen LogP contribution < -0.4 is 10.6 Å². The van der Waals surface area contributed by atoms with Gasteiger partial charge in [0.1, 0.15) is 5.78 Å². The standard InChI is InChI=1S/C21H21N5O2S2/c1-14(27)17-9-5-8-16(10-17)11-18(28)13-30-21-24-19(25-26-21)23-20(29)22-12-15-6-3-2-4-7-15/h2-10H,11-13H2,1H3,(H3,22,23,24,25,26,29). The van der Waals surface area contributed by atoms with Crippen LogP contribution >= 0.6 is 24.0 Å². The third kappa shape index (κ3) is 6.78. The average molecular weight is 440 g/mol. The number of nitrogens with zero attached hydrogens (tertiary/aromatic N) is 2. The lowest BCUT2D eigenvalue weighted by Crippen LogP contribution is -2.28. The Morgan fingerprint density at radius 1 is 1.10 bits per heavy atom. The van der Waals surface area contributed by atoms with Crippen molar-refractivity contribution >= 4 is 46.6 Å². The Balaban J connectivity index is 1.43. The van der Waals surface area contributed by atoms with E-state index < -0.39 is 0 Å². The molecule has 0 unspecified atom stereocenters. The molecular formula is C21H21N5O2S2. The normalized spacial score (nSPS) is 10.4. The number of nitrogens with one attached hydrogen (secondary N) is 3. The predicted molar refractivity (Wildman–Crippen MR) is 122 cm³/mol. The Bertz CT molecular complexity index is 1040. The summed E-state index contributed by atoms with van der Waals surface area (Å²) in [5, 5.41) is 13.8. The van der Waals surface area contributed by atoms with Crippen molar-refractivity contribution in [2.45, 2.75) is 25.0 Å². The molecule has 7 nitrogen and oxygen atoms in total. The molecule has 0 radical (unpaired) electrons. The Morgan fingerprint density at radius 2 is 1.87 bits per heavy atom. The molecule has 0 fully saturated rings. The fraction of sp³-hybridized carbons (Fsp3) is 0.190. The monoisotopic (exact) mass is 439 g/mol. The summed E-state index contributed by atoms with van der Waals surface area (Å²) in [6.45, 7) is 2.11. The van der Waals surface area contributed by atoms with Gasteiger partial charge in [0.2, 0.25) is 11.1 Å². The lowest BCUT2D eigenvalue weighted by atomic mass is 10.0. The van der Waals surface area contributed by atoms with Crippen LogP contribution in [0.5, 0.6) is 0 Å². The number of aromatic amines is 1. The number of hydrogen-bond donors (Lipinski definition) is 3. The van der Waals surface area contributed by atoms with Crippen LogP contribution in [-0.4, -0.2) is 37.6 Å². The highest BCUT2D eigenvalue weighted by atomic mass is 32.2. The van der Waals surface area contributed by atoms with Gasteiger partial charge < -0.3 is 10.6 Å². The summed E-state index contributed by atoms with van der Waals surface area (Å²) < 4.78 is 0. The van der Waals surface area contributed by atoms with Gasteiger partial charge >= 0.3 is 0 Å². The molecule has 0 aliphatic carbocycles. The van der Waals surface area contributed by atoms with E-state index in [0.717, 1.165) is 11.1 Å². The molecule has 0 spiro atoms. The van der Waals surface area contributed by atoms with E-state index in [2.05, 4.69) is 25.8 Å². The lowest BCUT2D eigenvalue weighted by Gasteiger charge is -2.07. The summed E-state index contributed by atoms with van der Waals surface area (Å²) in [6.07, 6.45) is 0.261. The number of rotatable bonds is 9.